The van der Waals surface area contributed by atoms with E-state index in [-0.39, 0.29) is 0 Å². The van der Waals surface area contributed by atoms with Crippen LogP contribution in [0.3, 0.4) is 0 Å². The molecule has 0 radical (unpaired) electrons. The van der Waals surface area contributed by atoms with E-state index in [1.54, 1.807) is 0 Å². The number of likely N-dealkylation sites (N-methyl/N-ethyl adjacent to an activating group) is 1. The second-order valence-corrected chi connectivity index (χ2v) is 4.45. The zero-order valence-corrected chi connectivity index (χ0v) is 9.83. The standard InChI is InChI=1S/C12H15ClN2/c1-14(2)7-8-15-6-5-10-3-4-11(13)9-12(10)15/h3-6,9H,7-8H2,1-2H3. The van der Waals surface area contributed by atoms with Crippen molar-refractivity contribution in [1.29, 1.82) is 0 Å². The normalized spacial score (nSPS) is 11.5. The van der Waals surface area contributed by atoms with Gasteiger partial charge < -0.3 is 9.47 Å². The molecule has 2 aromatic rings. The molecule has 0 saturated carbocycles. The molecule has 0 fully saturated rings. The lowest BCUT2D eigenvalue weighted by Gasteiger charge is -2.11. The molecule has 0 saturated heterocycles. The van der Waals surface area contributed by atoms with Crippen LogP contribution < -0.4 is 0 Å². The van der Waals surface area contributed by atoms with Crippen molar-refractivity contribution in [2.75, 3.05) is 20.6 Å². The largest absolute Gasteiger partial charge is 0.346 e. The lowest BCUT2D eigenvalue weighted by Crippen LogP contribution is -2.17. The summed E-state index contributed by atoms with van der Waals surface area (Å²) in [7, 11) is 4.16. The SMILES string of the molecule is CN(C)CCn1ccc2ccc(Cl)cc21. The lowest BCUT2D eigenvalue weighted by molar-refractivity contribution is 0.387. The lowest BCUT2D eigenvalue weighted by atomic mass is 10.2. The molecule has 1 heterocycles. The molecule has 0 spiro atoms. The monoisotopic (exact) mass is 222 g/mol. The van der Waals surface area contributed by atoms with Gasteiger partial charge in [-0.2, -0.15) is 0 Å². The first-order valence-electron chi connectivity index (χ1n) is 5.06. The highest BCUT2D eigenvalue weighted by Crippen LogP contribution is 2.20. The molecule has 2 rings (SSSR count). The second-order valence-electron chi connectivity index (χ2n) is 4.02. The summed E-state index contributed by atoms with van der Waals surface area (Å²) in [6.45, 7) is 2.03. The smallest absolute Gasteiger partial charge is 0.0495 e. The van der Waals surface area contributed by atoms with Crippen molar-refractivity contribution in [2.45, 2.75) is 6.54 Å². The number of hydrogen-bond donors (Lipinski definition) is 0. The fourth-order valence-corrected chi connectivity index (χ4v) is 1.83. The van der Waals surface area contributed by atoms with E-state index in [0.717, 1.165) is 18.1 Å². The van der Waals surface area contributed by atoms with Gasteiger partial charge >= 0.3 is 0 Å². The molecule has 80 valence electrons. The number of halogens is 1. The predicted octanol–water partition coefficient (Wildman–Crippen LogP) is 2.86. The number of benzene rings is 1. The van der Waals surface area contributed by atoms with Gasteiger partial charge in [0.25, 0.3) is 0 Å². The summed E-state index contributed by atoms with van der Waals surface area (Å²) in [4.78, 5) is 2.18. The average molecular weight is 223 g/mol. The van der Waals surface area contributed by atoms with Crippen molar-refractivity contribution >= 4 is 22.5 Å². The molecule has 2 nitrogen and oxygen atoms in total. The van der Waals surface area contributed by atoms with Crippen molar-refractivity contribution in [3.63, 3.8) is 0 Å². The van der Waals surface area contributed by atoms with Crippen LogP contribution in [0.5, 0.6) is 0 Å². The second kappa shape index (κ2) is 4.25. The number of nitrogens with zero attached hydrogens (tertiary/aromatic N) is 2. The molecule has 0 unspecified atom stereocenters. The molecule has 15 heavy (non-hydrogen) atoms. The fourth-order valence-electron chi connectivity index (χ4n) is 1.66. The van der Waals surface area contributed by atoms with Gasteiger partial charge in [-0.05, 0) is 37.7 Å². The molecule has 1 aromatic heterocycles. The van der Waals surface area contributed by atoms with Gasteiger partial charge in [0.1, 0.15) is 0 Å². The van der Waals surface area contributed by atoms with Crippen molar-refractivity contribution < 1.29 is 0 Å². The van der Waals surface area contributed by atoms with Crippen LogP contribution in [0.25, 0.3) is 10.9 Å². The molecule has 3 heteroatoms. The average Bonchev–Trinajstić information content (AvgIpc) is 2.57. The summed E-state index contributed by atoms with van der Waals surface area (Å²) in [6.07, 6.45) is 2.12. The third kappa shape index (κ3) is 2.33. The first-order valence-corrected chi connectivity index (χ1v) is 5.44. The van der Waals surface area contributed by atoms with Crippen LogP contribution >= 0.6 is 11.6 Å². The van der Waals surface area contributed by atoms with E-state index in [9.17, 15) is 0 Å². The van der Waals surface area contributed by atoms with Crippen molar-refractivity contribution in [3.05, 3.63) is 35.5 Å². The molecular formula is C12H15ClN2. The van der Waals surface area contributed by atoms with Gasteiger partial charge in [-0.25, -0.2) is 0 Å². The molecule has 1 aromatic carbocycles. The van der Waals surface area contributed by atoms with Crippen LogP contribution in [-0.2, 0) is 6.54 Å². The summed E-state index contributed by atoms with van der Waals surface area (Å²) in [6, 6.07) is 8.14. The number of hydrogen-bond acceptors (Lipinski definition) is 1. The van der Waals surface area contributed by atoms with Crippen molar-refractivity contribution in [3.8, 4) is 0 Å². The first kappa shape index (κ1) is 10.5. The highest BCUT2D eigenvalue weighted by Gasteiger charge is 2.01. The minimum absolute atomic E-state index is 0.798. The summed E-state index contributed by atoms with van der Waals surface area (Å²) in [5.74, 6) is 0. The van der Waals surface area contributed by atoms with E-state index in [4.69, 9.17) is 11.6 Å². The molecule has 0 aliphatic carbocycles. The maximum absolute atomic E-state index is 5.99. The van der Waals surface area contributed by atoms with Gasteiger partial charge in [-0.3, -0.25) is 0 Å². The fraction of sp³-hybridized carbons (Fsp3) is 0.333. The highest BCUT2D eigenvalue weighted by atomic mass is 35.5. The maximum Gasteiger partial charge on any atom is 0.0495 e. The molecule has 0 atom stereocenters. The highest BCUT2D eigenvalue weighted by molar-refractivity contribution is 6.31. The Hall–Kier alpha value is -0.990. The third-order valence-electron chi connectivity index (χ3n) is 2.52. The Kier molecular flexibility index (Phi) is 2.98. The Bertz CT molecular complexity index is 460. The van der Waals surface area contributed by atoms with Gasteiger partial charge in [0, 0.05) is 29.8 Å². The van der Waals surface area contributed by atoms with Gasteiger partial charge in [0.15, 0.2) is 0 Å². The Morgan fingerprint density at radius 3 is 2.80 bits per heavy atom. The van der Waals surface area contributed by atoms with E-state index >= 15 is 0 Å². The summed E-state index contributed by atoms with van der Waals surface area (Å²) >= 11 is 5.99. The van der Waals surface area contributed by atoms with Gasteiger partial charge in [0.05, 0.1) is 0 Å². The van der Waals surface area contributed by atoms with Gasteiger partial charge in [0.2, 0.25) is 0 Å². The van der Waals surface area contributed by atoms with E-state index < -0.39 is 0 Å². The van der Waals surface area contributed by atoms with Crippen LogP contribution in [0.2, 0.25) is 5.02 Å². The van der Waals surface area contributed by atoms with Crippen molar-refractivity contribution in [1.82, 2.24) is 9.47 Å². The molecule has 0 aliphatic heterocycles. The number of fused-ring (bicyclic) bond motifs is 1. The Morgan fingerprint density at radius 2 is 2.07 bits per heavy atom. The Morgan fingerprint density at radius 1 is 1.27 bits per heavy atom. The van der Waals surface area contributed by atoms with Crippen LogP contribution in [0.4, 0.5) is 0 Å². The van der Waals surface area contributed by atoms with Gasteiger partial charge in [-0.1, -0.05) is 17.7 Å². The summed E-state index contributed by atoms with van der Waals surface area (Å²) < 4.78 is 2.24. The van der Waals surface area contributed by atoms with Gasteiger partial charge in [-0.15, -0.1) is 0 Å². The molecule has 0 bridgehead atoms. The topological polar surface area (TPSA) is 8.17 Å². The Balaban J connectivity index is 2.31. The minimum Gasteiger partial charge on any atom is -0.346 e. The van der Waals surface area contributed by atoms with E-state index in [0.29, 0.717) is 0 Å². The maximum atomic E-state index is 5.99. The molecule has 0 amide bonds. The summed E-state index contributed by atoms with van der Waals surface area (Å²) in [5, 5.41) is 2.05. The van der Waals surface area contributed by atoms with Crippen LogP contribution in [0.1, 0.15) is 0 Å². The van der Waals surface area contributed by atoms with Crippen LogP contribution in [0.15, 0.2) is 30.5 Å². The van der Waals surface area contributed by atoms with E-state index in [1.807, 2.05) is 12.1 Å². The molecular weight excluding hydrogens is 208 g/mol. The first-order chi connectivity index (χ1) is 7.16. The van der Waals surface area contributed by atoms with Crippen LogP contribution in [0, 0.1) is 0 Å². The molecule has 0 aliphatic rings. The third-order valence-corrected chi connectivity index (χ3v) is 2.76. The number of aromatic nitrogens is 1. The zero-order valence-electron chi connectivity index (χ0n) is 9.07. The quantitative estimate of drug-likeness (QED) is 0.776. The number of rotatable bonds is 3. The van der Waals surface area contributed by atoms with E-state index in [2.05, 4.69) is 41.9 Å². The molecule has 0 N–H and O–H groups in total. The Labute approximate surface area is 95.1 Å². The predicted molar refractivity (Wildman–Crippen MR) is 65.5 cm³/mol. The zero-order chi connectivity index (χ0) is 10.8. The van der Waals surface area contributed by atoms with Crippen molar-refractivity contribution in [2.24, 2.45) is 0 Å². The summed E-state index contributed by atoms with van der Waals surface area (Å²) in [5.41, 5.74) is 1.21. The minimum atomic E-state index is 0.798. The van der Waals surface area contributed by atoms with Crippen LogP contribution in [-0.4, -0.2) is 30.1 Å². The van der Waals surface area contributed by atoms with E-state index in [1.165, 1.54) is 10.9 Å².